The molecule has 0 unspecified atom stereocenters. The van der Waals surface area contributed by atoms with Crippen LogP contribution in [0.1, 0.15) is 27.0 Å². The van der Waals surface area contributed by atoms with Gasteiger partial charge in [-0.1, -0.05) is 42.5 Å². The van der Waals surface area contributed by atoms with Gasteiger partial charge < -0.3 is 19.3 Å². The highest BCUT2D eigenvalue weighted by molar-refractivity contribution is 6.03. The number of hydrogen-bond acceptors (Lipinski definition) is 5. The summed E-state index contributed by atoms with van der Waals surface area (Å²) in [5.74, 6) is 1.71. The van der Waals surface area contributed by atoms with Crippen LogP contribution in [0.4, 0.5) is 11.4 Å². The lowest BCUT2D eigenvalue weighted by molar-refractivity contribution is 0.0999. The first-order valence-corrected chi connectivity index (χ1v) is 11.6. The fourth-order valence-electron chi connectivity index (χ4n) is 4.81. The molecule has 0 atom stereocenters. The van der Waals surface area contributed by atoms with Crippen molar-refractivity contribution in [2.24, 2.45) is 0 Å². The molecule has 5 nitrogen and oxygen atoms in total. The van der Waals surface area contributed by atoms with Crippen molar-refractivity contribution in [1.29, 1.82) is 0 Å². The van der Waals surface area contributed by atoms with Gasteiger partial charge in [-0.2, -0.15) is 0 Å². The Morgan fingerprint density at radius 2 is 1.53 bits per heavy atom. The van der Waals surface area contributed by atoms with Gasteiger partial charge >= 0.3 is 0 Å². The first-order valence-electron chi connectivity index (χ1n) is 11.6. The smallest absolute Gasteiger partial charge is 0.231 e. The summed E-state index contributed by atoms with van der Waals surface area (Å²) in [5, 5.41) is 2.23. The number of ether oxygens (including phenoxy) is 2. The molecule has 2 aliphatic heterocycles. The van der Waals surface area contributed by atoms with Gasteiger partial charge in [0.05, 0.1) is 24.6 Å². The molecule has 0 N–H and O–H groups in total. The number of carbonyl (C=O) groups is 1. The standard InChI is InChI=1S/C29H26N2O3/c1-19-11-25-26(12-20(19)2)31(16-27(32)24-9-8-22-5-3-4-6-23(22)14-24)17-30(25)15-21-7-10-28-29(13-21)34-18-33-28/h3-14H,15-18H2,1-2H3. The van der Waals surface area contributed by atoms with Crippen LogP contribution in [-0.2, 0) is 6.54 Å². The molecule has 170 valence electrons. The van der Waals surface area contributed by atoms with Crippen molar-refractivity contribution in [3.63, 3.8) is 0 Å². The van der Waals surface area contributed by atoms with Gasteiger partial charge in [-0.3, -0.25) is 4.79 Å². The van der Waals surface area contributed by atoms with Gasteiger partial charge in [0, 0.05) is 12.1 Å². The van der Waals surface area contributed by atoms with Crippen LogP contribution >= 0.6 is 0 Å². The van der Waals surface area contributed by atoms with Crippen molar-refractivity contribution < 1.29 is 14.3 Å². The maximum Gasteiger partial charge on any atom is 0.231 e. The molecule has 0 saturated carbocycles. The zero-order chi connectivity index (χ0) is 23.2. The minimum Gasteiger partial charge on any atom is -0.454 e. The van der Waals surface area contributed by atoms with E-state index >= 15 is 0 Å². The highest BCUT2D eigenvalue weighted by Gasteiger charge is 2.29. The molecule has 0 saturated heterocycles. The van der Waals surface area contributed by atoms with E-state index in [1.807, 2.05) is 42.5 Å². The summed E-state index contributed by atoms with van der Waals surface area (Å²) in [7, 11) is 0. The Labute approximate surface area is 199 Å². The molecular formula is C29H26N2O3. The Bertz CT molecular complexity index is 1430. The molecule has 0 spiro atoms. The lowest BCUT2D eigenvalue weighted by atomic mass is 10.0. The number of Topliss-reactive ketones (excluding diaryl/α,β-unsaturated/α-hetero) is 1. The molecule has 2 aliphatic rings. The van der Waals surface area contributed by atoms with Gasteiger partial charge in [0.2, 0.25) is 6.79 Å². The fraction of sp³-hybridized carbons (Fsp3) is 0.207. The third-order valence-corrected chi connectivity index (χ3v) is 6.83. The molecular weight excluding hydrogens is 424 g/mol. The molecule has 5 heteroatoms. The maximum absolute atomic E-state index is 13.3. The van der Waals surface area contributed by atoms with Crippen LogP contribution in [-0.4, -0.2) is 25.8 Å². The van der Waals surface area contributed by atoms with E-state index in [1.165, 1.54) is 11.1 Å². The van der Waals surface area contributed by atoms with Crippen LogP contribution in [0.5, 0.6) is 11.5 Å². The molecule has 0 bridgehead atoms. The molecule has 0 aliphatic carbocycles. The van der Waals surface area contributed by atoms with E-state index in [9.17, 15) is 4.79 Å². The summed E-state index contributed by atoms with van der Waals surface area (Å²) < 4.78 is 11.0. The predicted molar refractivity (Wildman–Crippen MR) is 135 cm³/mol. The number of aryl methyl sites for hydroxylation is 2. The number of fused-ring (bicyclic) bond motifs is 3. The zero-order valence-corrected chi connectivity index (χ0v) is 19.4. The SMILES string of the molecule is Cc1cc2c(cc1C)N(Cc1ccc3c(c1)OCO3)CN2CC(=O)c1ccc2ccccc2c1. The van der Waals surface area contributed by atoms with E-state index in [0.717, 1.165) is 51.3 Å². The lowest BCUT2D eigenvalue weighted by Crippen LogP contribution is -2.34. The number of hydrogen-bond donors (Lipinski definition) is 0. The number of carbonyl (C=O) groups excluding carboxylic acids is 1. The number of rotatable bonds is 5. The van der Waals surface area contributed by atoms with E-state index in [-0.39, 0.29) is 12.6 Å². The Hall–Kier alpha value is -3.99. The van der Waals surface area contributed by atoms with Crippen molar-refractivity contribution in [2.75, 3.05) is 29.8 Å². The predicted octanol–water partition coefficient (Wildman–Crippen LogP) is 5.85. The molecule has 4 aromatic rings. The van der Waals surface area contributed by atoms with Gasteiger partial charge in [0.1, 0.15) is 0 Å². The third-order valence-electron chi connectivity index (χ3n) is 6.83. The van der Waals surface area contributed by atoms with Crippen LogP contribution in [0.3, 0.4) is 0 Å². The summed E-state index contributed by atoms with van der Waals surface area (Å²) in [4.78, 5) is 17.8. The van der Waals surface area contributed by atoms with Crippen LogP contribution in [0, 0.1) is 13.8 Å². The minimum atomic E-state index is 0.125. The molecule has 6 rings (SSSR count). The number of benzene rings is 4. The highest BCUT2D eigenvalue weighted by atomic mass is 16.7. The van der Waals surface area contributed by atoms with E-state index in [1.54, 1.807) is 0 Å². The van der Waals surface area contributed by atoms with Crippen molar-refractivity contribution in [3.05, 3.63) is 95.1 Å². The largest absolute Gasteiger partial charge is 0.454 e. The summed E-state index contributed by atoms with van der Waals surface area (Å²) in [6, 6.07) is 24.6. The monoisotopic (exact) mass is 450 g/mol. The van der Waals surface area contributed by atoms with E-state index in [0.29, 0.717) is 13.2 Å². The summed E-state index contributed by atoms with van der Waals surface area (Å²) in [6.07, 6.45) is 0. The number of nitrogens with zero attached hydrogens (tertiary/aromatic N) is 2. The Kier molecular flexibility index (Phi) is 4.91. The van der Waals surface area contributed by atoms with Crippen LogP contribution in [0.15, 0.2) is 72.8 Å². The second-order valence-corrected chi connectivity index (χ2v) is 9.14. The number of anilines is 2. The van der Waals surface area contributed by atoms with E-state index < -0.39 is 0 Å². The molecule has 34 heavy (non-hydrogen) atoms. The molecule has 0 amide bonds. The Balaban J connectivity index is 1.28. The Morgan fingerprint density at radius 3 is 2.35 bits per heavy atom. The van der Waals surface area contributed by atoms with Crippen molar-refractivity contribution in [2.45, 2.75) is 20.4 Å². The van der Waals surface area contributed by atoms with Gasteiger partial charge in [-0.05, 0) is 71.6 Å². The summed E-state index contributed by atoms with van der Waals surface area (Å²) in [5.41, 5.74) is 6.64. The minimum absolute atomic E-state index is 0.125. The number of ketones is 1. The van der Waals surface area contributed by atoms with Gasteiger partial charge in [-0.15, -0.1) is 0 Å². The van der Waals surface area contributed by atoms with Crippen molar-refractivity contribution in [3.8, 4) is 11.5 Å². The van der Waals surface area contributed by atoms with Crippen LogP contribution in [0.25, 0.3) is 10.8 Å². The Morgan fingerprint density at radius 1 is 0.794 bits per heavy atom. The van der Waals surface area contributed by atoms with Crippen molar-refractivity contribution in [1.82, 2.24) is 0 Å². The molecule has 0 aromatic heterocycles. The molecule has 0 radical (unpaired) electrons. The lowest BCUT2D eigenvalue weighted by Gasteiger charge is -2.21. The second kappa shape index (κ2) is 8.10. The first kappa shape index (κ1) is 20.6. The zero-order valence-electron chi connectivity index (χ0n) is 19.4. The second-order valence-electron chi connectivity index (χ2n) is 9.14. The maximum atomic E-state index is 13.3. The molecule has 0 fully saturated rings. The summed E-state index contributed by atoms with van der Waals surface area (Å²) >= 11 is 0. The van der Waals surface area contributed by atoms with E-state index in [2.05, 4.69) is 54.0 Å². The average molecular weight is 451 g/mol. The van der Waals surface area contributed by atoms with Crippen molar-refractivity contribution >= 4 is 27.9 Å². The van der Waals surface area contributed by atoms with Crippen LogP contribution in [0.2, 0.25) is 0 Å². The summed E-state index contributed by atoms with van der Waals surface area (Å²) in [6.45, 7) is 6.26. The van der Waals surface area contributed by atoms with Gasteiger partial charge in [0.25, 0.3) is 0 Å². The first-order chi connectivity index (χ1) is 16.5. The van der Waals surface area contributed by atoms with Gasteiger partial charge in [-0.25, -0.2) is 0 Å². The van der Waals surface area contributed by atoms with E-state index in [4.69, 9.17) is 9.47 Å². The fourth-order valence-corrected chi connectivity index (χ4v) is 4.81. The van der Waals surface area contributed by atoms with Crippen LogP contribution < -0.4 is 19.3 Å². The topological polar surface area (TPSA) is 42.0 Å². The quantitative estimate of drug-likeness (QED) is 0.357. The van der Waals surface area contributed by atoms with Gasteiger partial charge in [0.15, 0.2) is 17.3 Å². The third kappa shape index (κ3) is 3.63. The normalized spacial score (nSPS) is 14.1. The molecule has 4 aromatic carbocycles. The highest BCUT2D eigenvalue weighted by Crippen LogP contribution is 2.40. The average Bonchev–Trinajstić information content (AvgIpc) is 3.44. The molecule has 2 heterocycles.